The van der Waals surface area contributed by atoms with Crippen molar-refractivity contribution in [2.24, 2.45) is 5.92 Å². The molecule has 0 spiro atoms. The number of carbonyl (C=O) groups is 5. The summed E-state index contributed by atoms with van der Waals surface area (Å²) in [6, 6.07) is 21.5. The number of carbonyl (C=O) groups excluding carboxylic acids is 5. The third kappa shape index (κ3) is 12.2. The second-order valence-electron chi connectivity index (χ2n) is 14.0. The van der Waals surface area contributed by atoms with Crippen LogP contribution in [0.25, 0.3) is 0 Å². The zero-order valence-corrected chi connectivity index (χ0v) is 31.7. The van der Waals surface area contributed by atoms with Gasteiger partial charge in [-0.3, -0.25) is 33.8 Å². The lowest BCUT2D eigenvalue weighted by molar-refractivity contribution is -0.149. The molecule has 294 valence electrons. The van der Waals surface area contributed by atoms with Gasteiger partial charge in [-0.1, -0.05) is 92.6 Å². The number of fused-ring (bicyclic) bond motifs is 1. The molecule has 2 fully saturated rings. The van der Waals surface area contributed by atoms with Crippen LogP contribution in [0.1, 0.15) is 75.0 Å². The number of phosphoric ester groups is 1. The smallest absolute Gasteiger partial charge is 0.461 e. The first-order valence-corrected chi connectivity index (χ1v) is 20.2. The maximum absolute atomic E-state index is 14.3. The molecule has 0 aromatic heterocycles. The zero-order valence-electron chi connectivity index (χ0n) is 30.8. The molecular weight excluding hydrogens is 727 g/mol. The van der Waals surface area contributed by atoms with Gasteiger partial charge < -0.3 is 30.1 Å². The standard InChI is InChI=1S/C40H49N4O10P/c1-2-33(38(47)41-25-28-11-5-3-6-12-28)42-39(48)35-22-19-31-15-9-10-16-34(40(49)44(31)35)43-37(46)30(24-36(45)53-26-29-13-7-4-8-14-29)23-27-17-20-32(21-18-27)54-55(50,51)52/h3-8,11-14,17-18,20-21,30-31,33-35H,2,9-10,15-16,19,22-26H2,1H3,(H,41,47)(H,42,48)(H,43,46)(H2,50,51,52)/t30-,31?,33+,34+,35+/m1/s1. The second kappa shape index (κ2) is 19.5. The van der Waals surface area contributed by atoms with E-state index < -0.39 is 49.6 Å². The van der Waals surface area contributed by atoms with Crippen molar-refractivity contribution in [2.45, 2.75) is 102 Å². The summed E-state index contributed by atoms with van der Waals surface area (Å²) in [6.07, 6.45) is 3.62. The minimum absolute atomic E-state index is 0.0108. The Morgan fingerprint density at radius 1 is 0.836 bits per heavy atom. The molecule has 5 N–H and O–H groups in total. The molecule has 5 rings (SSSR count). The van der Waals surface area contributed by atoms with E-state index in [1.807, 2.05) is 48.5 Å². The van der Waals surface area contributed by atoms with Gasteiger partial charge in [-0.15, -0.1) is 0 Å². The van der Waals surface area contributed by atoms with E-state index >= 15 is 0 Å². The SMILES string of the molecule is CC[C@H](NC(=O)[C@@H]1CCC2CCCC[C@H](NC(=O)[C@@H](CC(=O)OCc3ccccc3)Cc3ccc(OP(=O)(O)O)cc3)C(=O)N21)C(=O)NCc1ccccc1. The van der Waals surface area contributed by atoms with Crippen molar-refractivity contribution in [1.82, 2.24) is 20.9 Å². The van der Waals surface area contributed by atoms with Crippen molar-refractivity contribution in [3.05, 3.63) is 102 Å². The zero-order chi connectivity index (χ0) is 39.4. The van der Waals surface area contributed by atoms with Gasteiger partial charge >= 0.3 is 13.8 Å². The van der Waals surface area contributed by atoms with Crippen molar-refractivity contribution < 1.29 is 47.6 Å². The van der Waals surface area contributed by atoms with Gasteiger partial charge in [-0.2, -0.15) is 0 Å². The maximum Gasteiger partial charge on any atom is 0.524 e. The fourth-order valence-corrected chi connectivity index (χ4v) is 7.50. The number of amides is 4. The van der Waals surface area contributed by atoms with Crippen LogP contribution in [-0.2, 0) is 52.8 Å². The third-order valence-electron chi connectivity index (χ3n) is 9.96. The molecule has 3 aromatic carbocycles. The summed E-state index contributed by atoms with van der Waals surface area (Å²) < 4.78 is 21.4. The highest BCUT2D eigenvalue weighted by atomic mass is 31.2. The number of rotatable bonds is 16. The first-order chi connectivity index (χ1) is 26.4. The van der Waals surface area contributed by atoms with Gasteiger partial charge in [-0.25, -0.2) is 4.57 Å². The number of esters is 1. The van der Waals surface area contributed by atoms with Gasteiger partial charge in [0.2, 0.25) is 23.6 Å². The van der Waals surface area contributed by atoms with Crippen LogP contribution in [-0.4, -0.2) is 68.5 Å². The van der Waals surface area contributed by atoms with Crippen LogP contribution in [0.5, 0.6) is 5.75 Å². The lowest BCUT2D eigenvalue weighted by Gasteiger charge is -2.36. The minimum atomic E-state index is -4.78. The maximum atomic E-state index is 14.3. The van der Waals surface area contributed by atoms with E-state index in [1.165, 1.54) is 24.3 Å². The lowest BCUT2D eigenvalue weighted by Crippen LogP contribution is -2.58. The fourth-order valence-electron chi connectivity index (χ4n) is 7.11. The molecule has 5 atom stereocenters. The summed E-state index contributed by atoms with van der Waals surface area (Å²) >= 11 is 0. The summed E-state index contributed by atoms with van der Waals surface area (Å²) in [7, 11) is -4.78. The quantitative estimate of drug-likeness (QED) is 0.104. The molecule has 0 saturated carbocycles. The molecule has 55 heavy (non-hydrogen) atoms. The minimum Gasteiger partial charge on any atom is -0.461 e. The van der Waals surface area contributed by atoms with Crippen LogP contribution in [0.3, 0.4) is 0 Å². The first kappa shape index (κ1) is 41.1. The lowest BCUT2D eigenvalue weighted by atomic mass is 9.93. The summed E-state index contributed by atoms with van der Waals surface area (Å²) in [6.45, 7) is 2.12. The van der Waals surface area contributed by atoms with Crippen molar-refractivity contribution >= 4 is 37.4 Å². The molecule has 3 aromatic rings. The van der Waals surface area contributed by atoms with Gasteiger partial charge in [-0.05, 0) is 67.3 Å². The molecular formula is C40H49N4O10P. The first-order valence-electron chi connectivity index (χ1n) is 18.7. The Bertz CT molecular complexity index is 1820. The Morgan fingerprint density at radius 3 is 2.15 bits per heavy atom. The molecule has 1 unspecified atom stereocenters. The van der Waals surface area contributed by atoms with Crippen molar-refractivity contribution in [1.29, 1.82) is 0 Å². The number of hydrogen-bond donors (Lipinski definition) is 5. The van der Waals surface area contributed by atoms with Crippen LogP contribution in [0.2, 0.25) is 0 Å². The highest BCUT2D eigenvalue weighted by Crippen LogP contribution is 2.37. The number of benzene rings is 3. The number of nitrogens with zero attached hydrogens (tertiary/aromatic N) is 1. The molecule has 2 aliphatic rings. The average Bonchev–Trinajstić information content (AvgIpc) is 3.59. The Hall–Kier alpha value is -5.04. The van der Waals surface area contributed by atoms with E-state index in [9.17, 15) is 28.5 Å². The fraction of sp³-hybridized carbons (Fsp3) is 0.425. The largest absolute Gasteiger partial charge is 0.524 e. The number of hydrogen-bond acceptors (Lipinski definition) is 8. The molecule has 14 nitrogen and oxygen atoms in total. The highest BCUT2D eigenvalue weighted by Gasteiger charge is 2.44. The summed E-state index contributed by atoms with van der Waals surface area (Å²) in [5.74, 6) is -3.35. The van der Waals surface area contributed by atoms with E-state index in [0.29, 0.717) is 50.6 Å². The van der Waals surface area contributed by atoms with E-state index in [2.05, 4.69) is 20.5 Å². The molecule has 15 heteroatoms. The number of ether oxygens (including phenoxy) is 1. The molecule has 4 amide bonds. The van der Waals surface area contributed by atoms with Crippen molar-refractivity contribution in [3.8, 4) is 5.75 Å². The molecule has 0 aliphatic carbocycles. The number of phosphoric acid groups is 1. The monoisotopic (exact) mass is 776 g/mol. The number of nitrogens with one attached hydrogen (secondary N) is 3. The van der Waals surface area contributed by atoms with Gasteiger partial charge in [0.25, 0.3) is 0 Å². The molecule has 0 bridgehead atoms. The third-order valence-corrected chi connectivity index (χ3v) is 10.4. The van der Waals surface area contributed by atoms with E-state index in [1.54, 1.807) is 24.0 Å². The predicted octanol–water partition coefficient (Wildman–Crippen LogP) is 4.08. The van der Waals surface area contributed by atoms with Crippen LogP contribution >= 0.6 is 7.82 Å². The Morgan fingerprint density at radius 2 is 1.49 bits per heavy atom. The van der Waals surface area contributed by atoms with Gasteiger partial charge in [0.15, 0.2) is 0 Å². The summed E-state index contributed by atoms with van der Waals surface area (Å²) in [5, 5.41) is 8.63. The Kier molecular flexibility index (Phi) is 14.6. The topological polar surface area (TPSA) is 201 Å². The highest BCUT2D eigenvalue weighted by molar-refractivity contribution is 7.46. The van der Waals surface area contributed by atoms with Crippen LogP contribution in [0.15, 0.2) is 84.9 Å². The Labute approximate surface area is 320 Å². The van der Waals surface area contributed by atoms with Gasteiger partial charge in [0, 0.05) is 12.6 Å². The normalized spacial score (nSPS) is 19.5. The van der Waals surface area contributed by atoms with Gasteiger partial charge in [0.05, 0.1) is 12.3 Å². The summed E-state index contributed by atoms with van der Waals surface area (Å²) in [4.78, 5) is 88.0. The molecule has 2 aliphatic heterocycles. The van der Waals surface area contributed by atoms with E-state index in [4.69, 9.17) is 14.5 Å². The molecule has 2 heterocycles. The molecule has 2 saturated heterocycles. The predicted molar refractivity (Wildman–Crippen MR) is 202 cm³/mol. The van der Waals surface area contributed by atoms with Gasteiger partial charge in [0.1, 0.15) is 30.5 Å². The summed E-state index contributed by atoms with van der Waals surface area (Å²) in [5.41, 5.74) is 2.27. The van der Waals surface area contributed by atoms with Crippen LogP contribution in [0, 0.1) is 5.92 Å². The average molecular weight is 777 g/mol. The van der Waals surface area contributed by atoms with Crippen molar-refractivity contribution in [2.75, 3.05) is 0 Å². The van der Waals surface area contributed by atoms with Crippen LogP contribution < -0.4 is 20.5 Å². The Balaban J connectivity index is 1.27. The van der Waals surface area contributed by atoms with Crippen LogP contribution in [0.4, 0.5) is 0 Å². The van der Waals surface area contributed by atoms with E-state index in [-0.39, 0.29) is 43.1 Å². The molecule has 0 radical (unpaired) electrons. The van der Waals surface area contributed by atoms with Crippen molar-refractivity contribution in [3.63, 3.8) is 0 Å². The van der Waals surface area contributed by atoms with E-state index in [0.717, 1.165) is 17.5 Å². The second-order valence-corrected chi connectivity index (χ2v) is 15.2.